The maximum Gasteiger partial charge on any atom is 0.271 e. The molecule has 2 aromatic carbocycles. The fourth-order valence-corrected chi connectivity index (χ4v) is 3.72. The van der Waals surface area contributed by atoms with E-state index in [-0.39, 0.29) is 17.3 Å². The van der Waals surface area contributed by atoms with Crippen molar-refractivity contribution in [2.24, 2.45) is 0 Å². The molecule has 0 aliphatic carbocycles. The number of carbonyl (C=O) groups is 1. The lowest BCUT2D eigenvalue weighted by Gasteiger charge is -2.09. The molecule has 11 nitrogen and oxygen atoms in total. The van der Waals surface area contributed by atoms with E-state index in [1.165, 1.54) is 18.2 Å². The van der Waals surface area contributed by atoms with Crippen LogP contribution < -0.4 is 14.8 Å². The molecule has 0 radical (unpaired) electrons. The Morgan fingerprint density at radius 2 is 1.91 bits per heavy atom. The molecular formula is C21H18N6O5S. The molecule has 0 unspecified atom stereocenters. The van der Waals surface area contributed by atoms with Crippen LogP contribution in [0.2, 0.25) is 0 Å². The Labute approximate surface area is 191 Å². The van der Waals surface area contributed by atoms with Crippen LogP contribution in [0.25, 0.3) is 16.9 Å². The van der Waals surface area contributed by atoms with Crippen LogP contribution in [-0.2, 0) is 4.79 Å². The molecule has 4 rings (SSSR count). The Balaban J connectivity index is 1.50. The smallest absolute Gasteiger partial charge is 0.271 e. The van der Waals surface area contributed by atoms with Crippen molar-refractivity contribution < 1.29 is 19.2 Å². The minimum absolute atomic E-state index is 0.0196. The van der Waals surface area contributed by atoms with Gasteiger partial charge < -0.3 is 14.8 Å². The van der Waals surface area contributed by atoms with Gasteiger partial charge in [0.15, 0.2) is 17.1 Å². The lowest BCUT2D eigenvalue weighted by atomic mass is 10.1. The van der Waals surface area contributed by atoms with Gasteiger partial charge in [0.25, 0.3) is 5.69 Å². The summed E-state index contributed by atoms with van der Waals surface area (Å²) in [7, 11) is 3.13. The van der Waals surface area contributed by atoms with Crippen LogP contribution in [-0.4, -0.2) is 50.6 Å². The molecule has 0 aliphatic heterocycles. The van der Waals surface area contributed by atoms with Gasteiger partial charge >= 0.3 is 0 Å². The maximum atomic E-state index is 12.3. The van der Waals surface area contributed by atoms with E-state index in [0.717, 1.165) is 17.3 Å². The zero-order valence-corrected chi connectivity index (χ0v) is 18.4. The Kier molecular flexibility index (Phi) is 6.36. The molecule has 1 N–H and O–H groups in total. The van der Waals surface area contributed by atoms with Gasteiger partial charge in [-0.25, -0.2) is 0 Å². The number of methoxy groups -OCH3 is 2. The highest BCUT2D eigenvalue weighted by Crippen LogP contribution is 2.31. The van der Waals surface area contributed by atoms with E-state index in [0.29, 0.717) is 33.7 Å². The number of aromatic nitrogens is 4. The largest absolute Gasteiger partial charge is 0.493 e. The number of benzene rings is 2. The lowest BCUT2D eigenvalue weighted by molar-refractivity contribution is -0.384. The minimum atomic E-state index is -0.519. The summed E-state index contributed by atoms with van der Waals surface area (Å²) in [6.07, 6.45) is 0. The molecule has 0 aliphatic rings. The van der Waals surface area contributed by atoms with Gasteiger partial charge in [-0.15, -0.1) is 10.2 Å². The number of hydrogen-bond acceptors (Lipinski definition) is 9. The monoisotopic (exact) mass is 466 g/mol. The Morgan fingerprint density at radius 1 is 1.09 bits per heavy atom. The number of fused-ring (bicyclic) bond motifs is 1. The summed E-state index contributed by atoms with van der Waals surface area (Å²) < 4.78 is 12.2. The predicted octanol–water partition coefficient (Wildman–Crippen LogP) is 3.45. The number of rotatable bonds is 8. The van der Waals surface area contributed by atoms with E-state index in [9.17, 15) is 14.9 Å². The lowest BCUT2D eigenvalue weighted by Crippen LogP contribution is -2.14. The number of nitro groups is 1. The standard InChI is InChI=1S/C21H18N6O5S/c1-31-17-8-6-13(10-18(17)32-2)16-7-9-19-23-24-21(26(19)25-16)33-12-20(28)22-14-4-3-5-15(11-14)27(29)30/h3-11H,12H2,1-2H3,(H,22,28). The molecule has 12 heteroatoms. The summed E-state index contributed by atoms with van der Waals surface area (Å²) in [5, 5.41) is 26.8. The number of thioether (sulfide) groups is 1. The van der Waals surface area contributed by atoms with Gasteiger partial charge in [0, 0.05) is 23.4 Å². The molecule has 168 valence electrons. The first-order valence-corrected chi connectivity index (χ1v) is 10.6. The SMILES string of the molecule is COc1ccc(-c2ccc3nnc(SCC(=O)Nc4cccc([N+](=O)[O-])c4)n3n2)cc1OC. The average Bonchev–Trinajstić information content (AvgIpc) is 3.24. The van der Waals surface area contributed by atoms with E-state index >= 15 is 0 Å². The number of hydrogen-bond donors (Lipinski definition) is 1. The average molecular weight is 466 g/mol. The number of carbonyl (C=O) groups excluding carboxylic acids is 1. The van der Waals surface area contributed by atoms with Crippen LogP contribution >= 0.6 is 11.8 Å². The van der Waals surface area contributed by atoms with E-state index in [2.05, 4.69) is 20.6 Å². The third kappa shape index (κ3) is 4.85. The highest BCUT2D eigenvalue weighted by atomic mass is 32.2. The normalized spacial score (nSPS) is 10.7. The molecule has 0 saturated carbocycles. The second-order valence-corrected chi connectivity index (χ2v) is 7.63. The van der Waals surface area contributed by atoms with Crippen molar-refractivity contribution in [3.05, 3.63) is 64.7 Å². The van der Waals surface area contributed by atoms with E-state index in [4.69, 9.17) is 9.47 Å². The van der Waals surface area contributed by atoms with Crippen molar-refractivity contribution in [2.45, 2.75) is 5.16 Å². The van der Waals surface area contributed by atoms with Crippen molar-refractivity contribution in [3.8, 4) is 22.8 Å². The van der Waals surface area contributed by atoms with Gasteiger partial charge in [0.1, 0.15) is 0 Å². The fraction of sp³-hybridized carbons (Fsp3) is 0.143. The van der Waals surface area contributed by atoms with E-state index in [1.54, 1.807) is 36.9 Å². The molecule has 0 saturated heterocycles. The zero-order chi connectivity index (χ0) is 23.4. The molecular weight excluding hydrogens is 448 g/mol. The van der Waals surface area contributed by atoms with Gasteiger partial charge in [-0.3, -0.25) is 14.9 Å². The van der Waals surface area contributed by atoms with Gasteiger partial charge in [-0.1, -0.05) is 17.8 Å². The number of ether oxygens (including phenoxy) is 2. The summed E-state index contributed by atoms with van der Waals surface area (Å²) in [5.74, 6) is 0.866. The van der Waals surface area contributed by atoms with Gasteiger partial charge in [-0.2, -0.15) is 9.61 Å². The summed E-state index contributed by atoms with van der Waals surface area (Å²) >= 11 is 1.15. The van der Waals surface area contributed by atoms with Gasteiger partial charge in [-0.05, 0) is 36.4 Å². The molecule has 2 heterocycles. The number of nitrogens with one attached hydrogen (secondary N) is 1. The molecule has 0 bridgehead atoms. The summed E-state index contributed by atoms with van der Waals surface area (Å²) in [6.45, 7) is 0. The fourth-order valence-electron chi connectivity index (χ4n) is 3.03. The number of nitro benzene ring substituents is 1. The molecule has 4 aromatic rings. The molecule has 1 amide bonds. The Hall–Kier alpha value is -4.19. The van der Waals surface area contributed by atoms with Crippen LogP contribution in [0.3, 0.4) is 0 Å². The van der Waals surface area contributed by atoms with E-state index in [1.807, 2.05) is 18.2 Å². The molecule has 0 spiro atoms. The third-order valence-corrected chi connectivity index (χ3v) is 5.51. The van der Waals surface area contributed by atoms with Crippen molar-refractivity contribution in [1.29, 1.82) is 0 Å². The Bertz CT molecular complexity index is 1340. The van der Waals surface area contributed by atoms with Crippen molar-refractivity contribution in [1.82, 2.24) is 19.8 Å². The first-order valence-electron chi connectivity index (χ1n) is 9.60. The third-order valence-electron chi connectivity index (χ3n) is 4.59. The minimum Gasteiger partial charge on any atom is -0.493 e. The Morgan fingerprint density at radius 3 is 2.67 bits per heavy atom. The van der Waals surface area contributed by atoms with Gasteiger partial charge in [0.2, 0.25) is 11.1 Å². The summed E-state index contributed by atoms with van der Waals surface area (Å²) in [6, 6.07) is 14.8. The quantitative estimate of drug-likeness (QED) is 0.235. The zero-order valence-electron chi connectivity index (χ0n) is 17.6. The summed E-state index contributed by atoms with van der Waals surface area (Å²) in [4.78, 5) is 22.7. The van der Waals surface area contributed by atoms with Crippen LogP contribution in [0, 0.1) is 10.1 Å². The first-order chi connectivity index (χ1) is 16.0. The second kappa shape index (κ2) is 9.53. The number of nitrogens with zero attached hydrogens (tertiary/aromatic N) is 5. The van der Waals surface area contributed by atoms with Crippen LogP contribution in [0.1, 0.15) is 0 Å². The topological polar surface area (TPSA) is 134 Å². The maximum absolute atomic E-state index is 12.3. The molecule has 33 heavy (non-hydrogen) atoms. The van der Waals surface area contributed by atoms with Crippen molar-refractivity contribution in [3.63, 3.8) is 0 Å². The molecule has 0 atom stereocenters. The molecule has 0 fully saturated rings. The van der Waals surface area contributed by atoms with Crippen LogP contribution in [0.4, 0.5) is 11.4 Å². The predicted molar refractivity (Wildman–Crippen MR) is 122 cm³/mol. The van der Waals surface area contributed by atoms with E-state index < -0.39 is 4.92 Å². The first kappa shape index (κ1) is 22.0. The number of non-ortho nitro benzene ring substituents is 1. The molecule has 2 aromatic heterocycles. The summed E-state index contributed by atoms with van der Waals surface area (Å²) in [5.41, 5.74) is 2.24. The van der Waals surface area contributed by atoms with Crippen molar-refractivity contribution in [2.75, 3.05) is 25.3 Å². The number of anilines is 1. The van der Waals surface area contributed by atoms with Crippen LogP contribution in [0.5, 0.6) is 11.5 Å². The van der Waals surface area contributed by atoms with Crippen LogP contribution in [0.15, 0.2) is 59.8 Å². The highest BCUT2D eigenvalue weighted by molar-refractivity contribution is 7.99. The van der Waals surface area contributed by atoms with Gasteiger partial charge in [0.05, 0.1) is 30.6 Å². The second-order valence-electron chi connectivity index (χ2n) is 6.69. The number of amides is 1. The van der Waals surface area contributed by atoms with Crippen molar-refractivity contribution >= 4 is 34.7 Å². The highest BCUT2D eigenvalue weighted by Gasteiger charge is 2.14.